The van der Waals surface area contributed by atoms with Crippen molar-refractivity contribution >= 4 is 52.9 Å². The predicted molar refractivity (Wildman–Crippen MR) is 89.9 cm³/mol. The summed E-state index contributed by atoms with van der Waals surface area (Å²) in [4.78, 5) is 19.9. The summed E-state index contributed by atoms with van der Waals surface area (Å²) in [6.07, 6.45) is 1.73. The maximum atomic E-state index is 11.6. The number of nitrogens with zero attached hydrogens (tertiary/aromatic N) is 3. The molecule has 6 nitrogen and oxygen atoms in total. The van der Waals surface area contributed by atoms with Crippen LogP contribution in [0.3, 0.4) is 0 Å². The molecule has 1 aromatic carbocycles. The minimum Gasteiger partial charge on any atom is -0.366 e. The Morgan fingerprint density at radius 3 is 2.86 bits per heavy atom. The second-order valence-electron chi connectivity index (χ2n) is 4.78. The van der Waals surface area contributed by atoms with E-state index >= 15 is 0 Å². The quantitative estimate of drug-likeness (QED) is 0.508. The summed E-state index contributed by atoms with van der Waals surface area (Å²) < 4.78 is 1.54. The van der Waals surface area contributed by atoms with Crippen LogP contribution >= 0.6 is 24.4 Å². The number of carbonyl (C=O) groups excluding carboxylic acids is 1. The van der Waals surface area contributed by atoms with Crippen LogP contribution in [0.15, 0.2) is 30.5 Å². The van der Waals surface area contributed by atoms with Gasteiger partial charge in [0.2, 0.25) is 5.28 Å². The number of rotatable bonds is 3. The molecule has 0 bridgehead atoms. The standard InChI is InChI=1S/C14H12ClN5OS/c1-7-2-3-8(11(16)21)10(6-7)17-12-9-4-5-20(22)13(9)19-14(15)18-12/h2-6,22H,1H3,(H2,16,21)(H,17,18,19). The fourth-order valence-corrected chi connectivity index (χ4v) is 2.56. The molecule has 0 unspecified atom stereocenters. The van der Waals surface area contributed by atoms with Crippen molar-refractivity contribution in [2.75, 3.05) is 5.32 Å². The first-order chi connectivity index (χ1) is 10.5. The number of fused-ring (bicyclic) bond motifs is 1. The minimum atomic E-state index is -0.523. The molecule has 2 aromatic heterocycles. The molecule has 0 fully saturated rings. The summed E-state index contributed by atoms with van der Waals surface area (Å²) in [5.41, 5.74) is 7.90. The second kappa shape index (κ2) is 5.51. The van der Waals surface area contributed by atoms with Crippen molar-refractivity contribution < 1.29 is 4.79 Å². The molecule has 0 radical (unpaired) electrons. The lowest BCUT2D eigenvalue weighted by Gasteiger charge is -2.11. The van der Waals surface area contributed by atoms with Gasteiger partial charge in [-0.1, -0.05) is 18.9 Å². The van der Waals surface area contributed by atoms with Crippen LogP contribution in [0.5, 0.6) is 0 Å². The molecule has 0 spiro atoms. The van der Waals surface area contributed by atoms with Crippen LogP contribution in [0.2, 0.25) is 5.28 Å². The smallest absolute Gasteiger partial charge is 0.250 e. The number of aromatic nitrogens is 3. The molecule has 0 aliphatic rings. The second-order valence-corrected chi connectivity index (χ2v) is 5.55. The van der Waals surface area contributed by atoms with Crippen molar-refractivity contribution in [1.82, 2.24) is 13.9 Å². The number of thiol groups is 1. The summed E-state index contributed by atoms with van der Waals surface area (Å²) in [5.74, 6) is -0.0402. The zero-order valence-electron chi connectivity index (χ0n) is 11.5. The monoisotopic (exact) mass is 333 g/mol. The number of hydrogen-bond acceptors (Lipinski definition) is 5. The van der Waals surface area contributed by atoms with Gasteiger partial charge in [-0.25, -0.2) is 0 Å². The fraction of sp³-hybridized carbons (Fsp3) is 0.0714. The molecule has 0 saturated heterocycles. The van der Waals surface area contributed by atoms with Crippen molar-refractivity contribution in [1.29, 1.82) is 0 Å². The fourth-order valence-electron chi connectivity index (χ4n) is 2.17. The highest BCUT2D eigenvalue weighted by Crippen LogP contribution is 2.28. The number of halogens is 1. The summed E-state index contributed by atoms with van der Waals surface area (Å²) >= 11 is 10.2. The highest BCUT2D eigenvalue weighted by atomic mass is 35.5. The van der Waals surface area contributed by atoms with Crippen LogP contribution in [0.1, 0.15) is 15.9 Å². The summed E-state index contributed by atoms with van der Waals surface area (Å²) in [5, 5.41) is 3.92. The van der Waals surface area contributed by atoms with Gasteiger partial charge in [0, 0.05) is 6.20 Å². The van der Waals surface area contributed by atoms with Gasteiger partial charge in [0.05, 0.1) is 16.6 Å². The lowest BCUT2D eigenvalue weighted by Crippen LogP contribution is -2.13. The van der Waals surface area contributed by atoms with E-state index in [4.69, 9.17) is 17.3 Å². The number of carbonyl (C=O) groups is 1. The lowest BCUT2D eigenvalue weighted by atomic mass is 10.1. The number of nitrogens with one attached hydrogen (secondary N) is 1. The Hall–Kier alpha value is -2.25. The number of hydrogen-bond donors (Lipinski definition) is 3. The number of benzene rings is 1. The predicted octanol–water partition coefficient (Wildman–Crippen LogP) is 2.93. The van der Waals surface area contributed by atoms with Crippen LogP contribution in [-0.2, 0) is 0 Å². The SMILES string of the molecule is Cc1ccc(C(N)=O)c(Nc2nc(Cl)nc3c2ccn3S)c1. The number of nitrogens with two attached hydrogens (primary N) is 1. The Balaban J connectivity index is 2.15. The van der Waals surface area contributed by atoms with Crippen molar-refractivity contribution in [3.63, 3.8) is 0 Å². The van der Waals surface area contributed by atoms with Crippen LogP contribution < -0.4 is 11.1 Å². The Kier molecular flexibility index (Phi) is 3.67. The van der Waals surface area contributed by atoms with Crippen LogP contribution in [0, 0.1) is 6.92 Å². The Morgan fingerprint density at radius 2 is 2.14 bits per heavy atom. The Bertz CT molecular complexity index is 892. The average molecular weight is 334 g/mol. The molecule has 22 heavy (non-hydrogen) atoms. The van der Waals surface area contributed by atoms with Gasteiger partial charge in [-0.3, -0.25) is 8.77 Å². The third-order valence-electron chi connectivity index (χ3n) is 3.19. The average Bonchev–Trinajstić information content (AvgIpc) is 2.80. The molecule has 3 N–H and O–H groups in total. The molecule has 3 rings (SSSR count). The van der Waals surface area contributed by atoms with Gasteiger partial charge in [-0.05, 0) is 42.3 Å². The van der Waals surface area contributed by atoms with Gasteiger partial charge in [0.25, 0.3) is 5.91 Å². The minimum absolute atomic E-state index is 0.0808. The van der Waals surface area contributed by atoms with Crippen LogP contribution in [0.4, 0.5) is 11.5 Å². The molecule has 0 aliphatic carbocycles. The maximum Gasteiger partial charge on any atom is 0.250 e. The number of primary amides is 1. The van der Waals surface area contributed by atoms with Crippen LogP contribution in [0.25, 0.3) is 11.0 Å². The molecule has 2 heterocycles. The molecular weight excluding hydrogens is 322 g/mol. The van der Waals surface area contributed by atoms with Gasteiger partial charge >= 0.3 is 0 Å². The van der Waals surface area contributed by atoms with Gasteiger partial charge in [0.1, 0.15) is 5.82 Å². The van der Waals surface area contributed by atoms with Gasteiger partial charge < -0.3 is 11.1 Å². The zero-order chi connectivity index (χ0) is 15.9. The normalized spacial score (nSPS) is 10.9. The van der Waals surface area contributed by atoms with Gasteiger partial charge in [-0.2, -0.15) is 9.97 Å². The number of anilines is 2. The van der Waals surface area contributed by atoms with Crippen molar-refractivity contribution in [3.8, 4) is 0 Å². The number of aryl methyl sites for hydroxylation is 1. The van der Waals surface area contributed by atoms with E-state index in [0.29, 0.717) is 22.7 Å². The summed E-state index contributed by atoms with van der Waals surface area (Å²) in [6.45, 7) is 1.92. The molecule has 0 atom stereocenters. The van der Waals surface area contributed by atoms with E-state index in [0.717, 1.165) is 10.9 Å². The molecule has 3 aromatic rings. The van der Waals surface area contributed by atoms with Crippen molar-refractivity contribution in [2.24, 2.45) is 5.73 Å². The highest BCUT2D eigenvalue weighted by molar-refractivity contribution is 7.78. The summed E-state index contributed by atoms with van der Waals surface area (Å²) in [6, 6.07) is 7.11. The Labute approximate surface area is 136 Å². The molecular formula is C14H12ClN5OS. The third-order valence-corrected chi connectivity index (χ3v) is 3.68. The van der Waals surface area contributed by atoms with E-state index in [-0.39, 0.29) is 5.28 Å². The molecule has 0 saturated carbocycles. The molecule has 0 aliphatic heterocycles. The van der Waals surface area contributed by atoms with Crippen molar-refractivity contribution in [3.05, 3.63) is 46.9 Å². The topological polar surface area (TPSA) is 85.8 Å². The largest absolute Gasteiger partial charge is 0.366 e. The third kappa shape index (κ3) is 2.60. The summed E-state index contributed by atoms with van der Waals surface area (Å²) in [7, 11) is 0. The van der Waals surface area contributed by atoms with E-state index in [1.807, 2.05) is 19.1 Å². The zero-order valence-corrected chi connectivity index (χ0v) is 13.2. The van der Waals surface area contributed by atoms with Crippen LogP contribution in [-0.4, -0.2) is 19.8 Å². The maximum absolute atomic E-state index is 11.6. The van der Waals surface area contributed by atoms with E-state index < -0.39 is 5.91 Å². The lowest BCUT2D eigenvalue weighted by molar-refractivity contribution is 0.100. The first-order valence-corrected chi connectivity index (χ1v) is 7.15. The van der Waals surface area contributed by atoms with E-state index in [1.54, 1.807) is 22.3 Å². The van der Waals surface area contributed by atoms with E-state index in [9.17, 15) is 4.79 Å². The highest BCUT2D eigenvalue weighted by Gasteiger charge is 2.14. The molecule has 112 valence electrons. The molecule has 1 amide bonds. The van der Waals surface area contributed by atoms with Crippen molar-refractivity contribution in [2.45, 2.75) is 6.92 Å². The number of amides is 1. The van der Waals surface area contributed by atoms with Gasteiger partial charge in [0.15, 0.2) is 5.65 Å². The first-order valence-electron chi connectivity index (χ1n) is 6.37. The first kappa shape index (κ1) is 14.7. The van der Waals surface area contributed by atoms with E-state index in [1.165, 1.54) is 0 Å². The van der Waals surface area contributed by atoms with E-state index in [2.05, 4.69) is 28.1 Å². The van der Waals surface area contributed by atoms with Gasteiger partial charge in [-0.15, -0.1) is 0 Å². The molecule has 8 heteroatoms. The Morgan fingerprint density at radius 1 is 1.36 bits per heavy atom.